The first-order valence-corrected chi connectivity index (χ1v) is 9.56. The number of aryl methyl sites for hydroxylation is 1. The Hall–Kier alpha value is -3.37. The average molecular weight is 379 g/mol. The first-order chi connectivity index (χ1) is 12.9. The summed E-state index contributed by atoms with van der Waals surface area (Å²) in [5.41, 5.74) is 2.82. The van der Waals surface area contributed by atoms with Crippen LogP contribution in [0.1, 0.15) is 15.9 Å². The van der Waals surface area contributed by atoms with Crippen LogP contribution in [0, 0.1) is 19.3 Å². The van der Waals surface area contributed by atoms with Crippen LogP contribution in [0.2, 0.25) is 0 Å². The fourth-order valence-corrected chi connectivity index (χ4v) is 3.55. The number of carbonyl (C=O) groups excluding carboxylic acids is 1. The summed E-state index contributed by atoms with van der Waals surface area (Å²) in [7, 11) is -3.85. The molecule has 3 rings (SSSR count). The van der Waals surface area contributed by atoms with Gasteiger partial charge in [0.2, 0.25) is 0 Å². The van der Waals surface area contributed by atoms with Crippen molar-refractivity contribution in [3.63, 3.8) is 0 Å². The van der Waals surface area contributed by atoms with Crippen LogP contribution in [0.15, 0.2) is 65.7 Å². The molecule has 27 heavy (non-hydrogen) atoms. The zero-order valence-corrected chi connectivity index (χ0v) is 15.4. The summed E-state index contributed by atoms with van der Waals surface area (Å²) in [4.78, 5) is 11.9. The molecule has 0 aliphatic rings. The molecule has 0 saturated carbocycles. The van der Waals surface area contributed by atoms with E-state index in [4.69, 9.17) is 6.42 Å². The lowest BCUT2D eigenvalue weighted by molar-refractivity contribution is 0.0958. The highest BCUT2D eigenvalue weighted by molar-refractivity contribution is 7.89. The number of amides is 1. The van der Waals surface area contributed by atoms with Gasteiger partial charge >= 0.3 is 0 Å². The Bertz CT molecular complexity index is 1110. The Kier molecular flexibility index (Phi) is 5.10. The molecule has 1 heterocycles. The molecular formula is C20H17N3O3S. The summed E-state index contributed by atoms with van der Waals surface area (Å²) >= 11 is 0. The quantitative estimate of drug-likeness (QED) is 0.691. The van der Waals surface area contributed by atoms with Crippen molar-refractivity contribution in [1.82, 2.24) is 14.5 Å². The third-order valence-electron chi connectivity index (χ3n) is 3.93. The van der Waals surface area contributed by atoms with E-state index in [9.17, 15) is 13.2 Å². The number of nitrogens with zero attached hydrogens (tertiary/aromatic N) is 2. The summed E-state index contributed by atoms with van der Waals surface area (Å²) in [6.45, 7) is 2.08. The number of benzene rings is 2. The molecule has 0 saturated heterocycles. The van der Waals surface area contributed by atoms with E-state index in [0.29, 0.717) is 11.3 Å². The number of aromatic nitrogens is 2. The third-order valence-corrected chi connectivity index (χ3v) is 5.49. The molecule has 0 spiro atoms. The monoisotopic (exact) mass is 379 g/mol. The Balaban J connectivity index is 1.85. The molecule has 0 bridgehead atoms. The van der Waals surface area contributed by atoms with E-state index >= 15 is 0 Å². The van der Waals surface area contributed by atoms with Gasteiger partial charge in [-0.1, -0.05) is 35.7 Å². The van der Waals surface area contributed by atoms with Crippen molar-refractivity contribution >= 4 is 15.9 Å². The second-order valence-electron chi connectivity index (χ2n) is 5.86. The molecule has 0 fully saturated rings. The van der Waals surface area contributed by atoms with Gasteiger partial charge in [0.25, 0.3) is 15.9 Å². The zero-order valence-electron chi connectivity index (χ0n) is 14.6. The molecule has 7 heteroatoms. The third kappa shape index (κ3) is 3.91. The highest BCUT2D eigenvalue weighted by Crippen LogP contribution is 2.20. The van der Waals surface area contributed by atoms with Gasteiger partial charge in [0.15, 0.2) is 0 Å². The highest BCUT2D eigenvalue weighted by Gasteiger charge is 2.19. The van der Waals surface area contributed by atoms with Crippen molar-refractivity contribution in [2.45, 2.75) is 11.8 Å². The maximum absolute atomic E-state index is 12.8. The van der Waals surface area contributed by atoms with Gasteiger partial charge in [-0.15, -0.1) is 6.42 Å². The predicted molar refractivity (Wildman–Crippen MR) is 103 cm³/mol. The highest BCUT2D eigenvalue weighted by atomic mass is 32.2. The maximum atomic E-state index is 12.8. The second kappa shape index (κ2) is 7.48. The molecule has 0 aliphatic heterocycles. The summed E-state index contributed by atoms with van der Waals surface area (Å²) < 4.78 is 26.4. The van der Waals surface area contributed by atoms with E-state index in [1.807, 2.05) is 31.2 Å². The summed E-state index contributed by atoms with van der Waals surface area (Å²) in [6, 6.07) is 14.9. The lowest BCUT2D eigenvalue weighted by Crippen LogP contribution is -2.23. The lowest BCUT2D eigenvalue weighted by Gasteiger charge is -2.06. The lowest BCUT2D eigenvalue weighted by atomic mass is 10.1. The van der Waals surface area contributed by atoms with Crippen LogP contribution >= 0.6 is 0 Å². The van der Waals surface area contributed by atoms with Crippen LogP contribution in [-0.2, 0) is 10.0 Å². The fourth-order valence-electron chi connectivity index (χ4n) is 2.44. The minimum absolute atomic E-state index is 0.0366. The van der Waals surface area contributed by atoms with Crippen molar-refractivity contribution in [3.8, 4) is 23.6 Å². The molecule has 1 N–H and O–H groups in total. The van der Waals surface area contributed by atoms with E-state index in [-0.39, 0.29) is 17.3 Å². The normalized spacial score (nSPS) is 11.0. The Morgan fingerprint density at radius 1 is 1.11 bits per heavy atom. The second-order valence-corrected chi connectivity index (χ2v) is 7.65. The SMILES string of the molecule is C#CCNC(=O)c1ccc(S(=O)(=O)n2ccc(-c3ccc(C)cc3)n2)cc1. The molecule has 136 valence electrons. The molecular weight excluding hydrogens is 362 g/mol. The van der Waals surface area contributed by atoms with E-state index in [1.54, 1.807) is 6.07 Å². The van der Waals surface area contributed by atoms with Gasteiger partial charge in [0.05, 0.1) is 17.1 Å². The van der Waals surface area contributed by atoms with Crippen LogP contribution < -0.4 is 5.32 Å². The first-order valence-electron chi connectivity index (χ1n) is 8.12. The Labute approximate surface area is 157 Å². The maximum Gasteiger partial charge on any atom is 0.282 e. The fraction of sp³-hybridized carbons (Fsp3) is 0.100. The van der Waals surface area contributed by atoms with Crippen LogP contribution in [0.25, 0.3) is 11.3 Å². The molecule has 0 radical (unpaired) electrons. The zero-order chi connectivity index (χ0) is 19.4. The van der Waals surface area contributed by atoms with Gasteiger partial charge in [-0.25, -0.2) is 0 Å². The molecule has 1 aromatic heterocycles. The number of terminal acetylenes is 1. The van der Waals surface area contributed by atoms with Gasteiger partial charge in [0, 0.05) is 17.3 Å². The van der Waals surface area contributed by atoms with Gasteiger partial charge in [-0.05, 0) is 37.3 Å². The standard InChI is InChI=1S/C20H17N3O3S/c1-3-13-21-20(24)17-8-10-18(11-9-17)27(25,26)23-14-12-19(22-23)16-6-4-15(2)5-7-16/h1,4-12,14H,13H2,2H3,(H,21,24). The number of carbonyl (C=O) groups is 1. The molecule has 0 aliphatic carbocycles. The number of hydrogen-bond acceptors (Lipinski definition) is 4. The summed E-state index contributed by atoms with van der Waals surface area (Å²) in [5.74, 6) is 1.94. The van der Waals surface area contributed by atoms with E-state index in [2.05, 4.69) is 16.3 Å². The number of hydrogen-bond donors (Lipinski definition) is 1. The van der Waals surface area contributed by atoms with Crippen LogP contribution in [0.5, 0.6) is 0 Å². The van der Waals surface area contributed by atoms with E-state index in [0.717, 1.165) is 15.2 Å². The average Bonchev–Trinajstić information content (AvgIpc) is 3.18. The van der Waals surface area contributed by atoms with E-state index < -0.39 is 10.0 Å². The molecule has 3 aromatic rings. The van der Waals surface area contributed by atoms with Crippen molar-refractivity contribution in [3.05, 3.63) is 71.9 Å². The van der Waals surface area contributed by atoms with Crippen molar-refractivity contribution < 1.29 is 13.2 Å². The Morgan fingerprint density at radius 3 is 2.41 bits per heavy atom. The Morgan fingerprint density at radius 2 is 1.78 bits per heavy atom. The molecule has 1 amide bonds. The van der Waals surface area contributed by atoms with Crippen LogP contribution in [0.4, 0.5) is 0 Å². The molecule has 6 nitrogen and oxygen atoms in total. The van der Waals surface area contributed by atoms with Gasteiger partial charge in [-0.3, -0.25) is 4.79 Å². The first kappa shape index (κ1) is 18.4. The summed E-state index contributed by atoms with van der Waals surface area (Å²) in [6.07, 6.45) is 6.50. The topological polar surface area (TPSA) is 81.1 Å². The minimum Gasteiger partial charge on any atom is -0.341 e. The molecule has 2 aromatic carbocycles. The summed E-state index contributed by atoms with van der Waals surface area (Å²) in [5, 5.41) is 6.71. The van der Waals surface area contributed by atoms with Gasteiger partial charge in [0.1, 0.15) is 0 Å². The smallest absolute Gasteiger partial charge is 0.282 e. The van der Waals surface area contributed by atoms with E-state index in [1.165, 1.54) is 30.5 Å². The van der Waals surface area contributed by atoms with Gasteiger partial charge in [-0.2, -0.15) is 17.6 Å². The predicted octanol–water partition coefficient (Wildman–Crippen LogP) is 2.46. The van der Waals surface area contributed by atoms with Crippen molar-refractivity contribution in [2.75, 3.05) is 6.54 Å². The number of rotatable bonds is 5. The van der Waals surface area contributed by atoms with Crippen LogP contribution in [0.3, 0.4) is 0 Å². The minimum atomic E-state index is -3.85. The molecule has 0 atom stereocenters. The number of nitrogens with one attached hydrogen (secondary N) is 1. The molecule has 0 unspecified atom stereocenters. The van der Waals surface area contributed by atoms with Gasteiger partial charge < -0.3 is 5.32 Å². The van der Waals surface area contributed by atoms with Crippen LogP contribution in [-0.4, -0.2) is 30.1 Å². The van der Waals surface area contributed by atoms with Crippen molar-refractivity contribution in [1.29, 1.82) is 0 Å². The largest absolute Gasteiger partial charge is 0.341 e. The van der Waals surface area contributed by atoms with Crippen molar-refractivity contribution in [2.24, 2.45) is 0 Å².